The predicted octanol–water partition coefficient (Wildman–Crippen LogP) is -0.206. The zero-order valence-electron chi connectivity index (χ0n) is 9.98. The van der Waals surface area contributed by atoms with Crippen LogP contribution in [0.5, 0.6) is 0 Å². The predicted molar refractivity (Wildman–Crippen MR) is 65.2 cm³/mol. The van der Waals surface area contributed by atoms with Crippen LogP contribution in [0.3, 0.4) is 0 Å². The Morgan fingerprint density at radius 2 is 1.83 bits per heavy atom. The summed E-state index contributed by atoms with van der Waals surface area (Å²) in [6, 6.07) is 3.39. The zero-order valence-corrected chi connectivity index (χ0v) is 9.98. The van der Waals surface area contributed by atoms with E-state index >= 15 is 0 Å². The molecule has 0 unspecified atom stereocenters. The summed E-state index contributed by atoms with van der Waals surface area (Å²) in [6.07, 6.45) is 4.49. The summed E-state index contributed by atoms with van der Waals surface area (Å²) in [5.74, 6) is 0.224. The molecule has 4 N–H and O–H groups in total. The number of aliphatic imine (C=N–C) groups is 1. The Morgan fingerprint density at radius 3 is 2.44 bits per heavy atom. The summed E-state index contributed by atoms with van der Waals surface area (Å²) < 4.78 is 0.934. The van der Waals surface area contributed by atoms with Gasteiger partial charge in [0.1, 0.15) is 0 Å². The number of aromatic nitrogens is 1. The minimum absolute atomic E-state index is 0.114. The second-order valence-corrected chi connectivity index (χ2v) is 4.22. The Kier molecular flexibility index (Phi) is 3.96. The average molecular weight is 251 g/mol. The van der Waals surface area contributed by atoms with Gasteiger partial charge in [-0.3, -0.25) is 0 Å². The van der Waals surface area contributed by atoms with Crippen molar-refractivity contribution in [2.45, 2.75) is 18.9 Å². The lowest BCUT2D eigenvalue weighted by molar-refractivity contribution is -0.105. The van der Waals surface area contributed by atoms with Gasteiger partial charge in [0.25, 0.3) is 0 Å². The third-order valence-electron chi connectivity index (χ3n) is 2.80. The summed E-state index contributed by atoms with van der Waals surface area (Å²) in [7, 11) is 0. The molecule has 1 fully saturated rings. The zero-order chi connectivity index (χ0) is 13.0. The minimum atomic E-state index is 0.114. The van der Waals surface area contributed by atoms with Crippen molar-refractivity contribution < 1.29 is 10.4 Å². The number of hydrogen-bond donors (Lipinski definition) is 3. The monoisotopic (exact) mass is 251 g/mol. The van der Waals surface area contributed by atoms with Crippen LogP contribution >= 0.6 is 0 Å². The Bertz CT molecular complexity index is 468. The molecule has 0 saturated carbocycles. The molecular formula is C11H17N5O2. The van der Waals surface area contributed by atoms with E-state index in [0.29, 0.717) is 18.4 Å². The van der Waals surface area contributed by atoms with Gasteiger partial charge >= 0.3 is 0 Å². The smallest absolute Gasteiger partial charge is 0.216 e. The summed E-state index contributed by atoms with van der Waals surface area (Å²) in [5.41, 5.74) is 5.75. The standard InChI is InChI=1S/C11H17N5O2/c12-11(13-9-1-5-15(17)6-2-9)14-10-3-7-16(18)8-4-10/h1-2,5-6,10,17-18H,3-4,7-8H2,(H2,12,14). The van der Waals surface area contributed by atoms with Crippen molar-refractivity contribution in [1.29, 1.82) is 0 Å². The highest BCUT2D eigenvalue weighted by atomic mass is 16.5. The van der Waals surface area contributed by atoms with Crippen molar-refractivity contribution in [2.24, 2.45) is 15.7 Å². The fourth-order valence-corrected chi connectivity index (χ4v) is 1.81. The number of nitrogens with two attached hydrogens (primary N) is 1. The van der Waals surface area contributed by atoms with Crippen LogP contribution in [0.4, 0.5) is 0 Å². The van der Waals surface area contributed by atoms with Crippen molar-refractivity contribution in [3.05, 3.63) is 29.9 Å². The van der Waals surface area contributed by atoms with Crippen LogP contribution in [0.1, 0.15) is 12.8 Å². The first-order chi connectivity index (χ1) is 8.63. The lowest BCUT2D eigenvalue weighted by atomic mass is 10.1. The van der Waals surface area contributed by atoms with Gasteiger partial charge in [-0.1, -0.05) is 0 Å². The van der Waals surface area contributed by atoms with Crippen LogP contribution < -0.4 is 11.1 Å². The van der Waals surface area contributed by atoms with E-state index in [1.807, 2.05) is 0 Å². The van der Waals surface area contributed by atoms with Crippen molar-refractivity contribution in [1.82, 2.24) is 9.79 Å². The molecule has 1 aromatic rings. The van der Waals surface area contributed by atoms with Gasteiger partial charge in [0.2, 0.25) is 5.96 Å². The molecule has 2 heterocycles. The SMILES string of the molecule is NC(=NC1CCN(O)CC1)N=c1ccn(O)cc1. The topological polar surface area (TPSA) is 99.4 Å². The van der Waals surface area contributed by atoms with Gasteiger partial charge in [0.15, 0.2) is 0 Å². The van der Waals surface area contributed by atoms with E-state index in [-0.39, 0.29) is 12.0 Å². The van der Waals surface area contributed by atoms with E-state index < -0.39 is 0 Å². The molecule has 7 heteroatoms. The van der Waals surface area contributed by atoms with Gasteiger partial charge < -0.3 is 16.1 Å². The van der Waals surface area contributed by atoms with Crippen molar-refractivity contribution in [2.75, 3.05) is 13.1 Å². The highest BCUT2D eigenvalue weighted by Gasteiger charge is 2.16. The van der Waals surface area contributed by atoms with Gasteiger partial charge in [-0.15, -0.1) is 0 Å². The first-order valence-corrected chi connectivity index (χ1v) is 5.83. The second kappa shape index (κ2) is 5.65. The van der Waals surface area contributed by atoms with Gasteiger partial charge in [0, 0.05) is 25.5 Å². The maximum atomic E-state index is 9.23. The Hall–Kier alpha value is -1.86. The minimum Gasteiger partial charge on any atom is -0.429 e. The quantitative estimate of drug-likeness (QED) is 0.365. The molecular weight excluding hydrogens is 234 g/mol. The second-order valence-electron chi connectivity index (χ2n) is 4.22. The fourth-order valence-electron chi connectivity index (χ4n) is 1.81. The van der Waals surface area contributed by atoms with Crippen LogP contribution in [0, 0.1) is 0 Å². The van der Waals surface area contributed by atoms with Gasteiger partial charge in [-0.2, -0.15) is 5.06 Å². The Labute approximate surface area is 104 Å². The molecule has 98 valence electrons. The number of nitrogens with zero attached hydrogens (tertiary/aromatic N) is 4. The number of guanidine groups is 1. The van der Waals surface area contributed by atoms with Crippen LogP contribution in [-0.4, -0.2) is 45.3 Å². The summed E-state index contributed by atoms with van der Waals surface area (Å²) in [5, 5.41) is 20.2. The molecule has 1 saturated heterocycles. The lowest BCUT2D eigenvalue weighted by Gasteiger charge is -2.24. The summed E-state index contributed by atoms with van der Waals surface area (Å²) in [6.45, 7) is 1.22. The third kappa shape index (κ3) is 3.57. The van der Waals surface area contributed by atoms with Crippen LogP contribution in [0.15, 0.2) is 34.5 Å². The van der Waals surface area contributed by atoms with Crippen LogP contribution in [0.2, 0.25) is 0 Å². The molecule has 0 spiro atoms. The van der Waals surface area contributed by atoms with Gasteiger partial charge in [-0.25, -0.2) is 14.7 Å². The lowest BCUT2D eigenvalue weighted by Crippen LogP contribution is -2.33. The Balaban J connectivity index is 2.05. The van der Waals surface area contributed by atoms with E-state index in [2.05, 4.69) is 9.98 Å². The van der Waals surface area contributed by atoms with Crippen molar-refractivity contribution in [3.8, 4) is 0 Å². The molecule has 0 radical (unpaired) electrons. The molecule has 7 nitrogen and oxygen atoms in total. The third-order valence-corrected chi connectivity index (χ3v) is 2.80. The van der Waals surface area contributed by atoms with E-state index in [9.17, 15) is 5.21 Å². The normalized spacial score (nSPS) is 18.8. The maximum absolute atomic E-state index is 9.23. The first-order valence-electron chi connectivity index (χ1n) is 5.83. The fraction of sp³-hybridized carbons (Fsp3) is 0.455. The number of piperidine rings is 1. The molecule has 1 aliphatic rings. The molecule has 0 aromatic carbocycles. The first kappa shape index (κ1) is 12.6. The molecule has 1 aliphatic heterocycles. The number of pyridine rings is 1. The molecule has 0 bridgehead atoms. The van der Waals surface area contributed by atoms with E-state index in [4.69, 9.17) is 10.9 Å². The van der Waals surface area contributed by atoms with Crippen LogP contribution in [0.25, 0.3) is 0 Å². The molecule has 0 aliphatic carbocycles. The number of hydroxylamine groups is 2. The van der Waals surface area contributed by atoms with E-state index in [1.165, 1.54) is 17.5 Å². The van der Waals surface area contributed by atoms with E-state index in [1.54, 1.807) is 12.1 Å². The number of hydrogen-bond acceptors (Lipinski definition) is 4. The highest BCUT2D eigenvalue weighted by molar-refractivity contribution is 5.79. The van der Waals surface area contributed by atoms with Crippen molar-refractivity contribution in [3.63, 3.8) is 0 Å². The Morgan fingerprint density at radius 1 is 1.22 bits per heavy atom. The van der Waals surface area contributed by atoms with Crippen LogP contribution in [-0.2, 0) is 0 Å². The molecule has 18 heavy (non-hydrogen) atoms. The molecule has 1 aromatic heterocycles. The van der Waals surface area contributed by atoms with E-state index in [0.717, 1.165) is 17.6 Å². The summed E-state index contributed by atoms with van der Waals surface area (Å²) >= 11 is 0. The highest BCUT2D eigenvalue weighted by Crippen LogP contribution is 2.11. The number of rotatable bonds is 1. The van der Waals surface area contributed by atoms with Gasteiger partial charge in [0.05, 0.1) is 11.4 Å². The van der Waals surface area contributed by atoms with Crippen molar-refractivity contribution >= 4 is 5.96 Å². The molecule has 0 atom stereocenters. The largest absolute Gasteiger partial charge is 0.429 e. The maximum Gasteiger partial charge on any atom is 0.216 e. The average Bonchev–Trinajstić information content (AvgIpc) is 2.35. The molecule has 2 rings (SSSR count). The van der Waals surface area contributed by atoms with Gasteiger partial charge in [-0.05, 0) is 25.0 Å². The molecule has 0 amide bonds. The summed E-state index contributed by atoms with van der Waals surface area (Å²) in [4.78, 5) is 8.45.